The first-order chi connectivity index (χ1) is 7.67. The Morgan fingerprint density at radius 3 is 2.76 bits per heavy atom. The van der Waals surface area contributed by atoms with E-state index in [0.717, 1.165) is 9.21 Å². The number of carbonyl (C=O) groups is 1. The third kappa shape index (κ3) is 5.55. The molecule has 1 aromatic rings. The summed E-state index contributed by atoms with van der Waals surface area (Å²) in [7, 11) is 0. The van der Waals surface area contributed by atoms with Crippen LogP contribution in [0.2, 0.25) is 4.34 Å². The largest absolute Gasteiger partial charge is 0.334 e. The van der Waals surface area contributed by atoms with Gasteiger partial charge >= 0.3 is 0 Å². The van der Waals surface area contributed by atoms with Crippen LogP contribution in [0, 0.1) is 0 Å². The van der Waals surface area contributed by atoms with Crippen molar-refractivity contribution >= 4 is 41.3 Å². The first-order valence-corrected chi connectivity index (χ1v) is 6.19. The zero-order valence-corrected chi connectivity index (χ0v) is 11.8. The van der Waals surface area contributed by atoms with Gasteiger partial charge in [-0.2, -0.15) is 0 Å². The molecule has 0 bridgehead atoms. The van der Waals surface area contributed by atoms with Crippen molar-refractivity contribution in [2.45, 2.75) is 13.0 Å². The molecule has 0 aliphatic heterocycles. The predicted octanol–water partition coefficient (Wildman–Crippen LogP) is 2.69. The molecule has 0 aliphatic carbocycles. The number of hydrogen-bond donors (Lipinski definition) is 1. The minimum atomic E-state index is 0. The van der Waals surface area contributed by atoms with Crippen molar-refractivity contribution in [3.05, 3.63) is 34.0 Å². The number of nitrogens with two attached hydrogens (primary N) is 1. The molecule has 0 fully saturated rings. The van der Waals surface area contributed by atoms with Crippen LogP contribution in [-0.2, 0) is 11.3 Å². The number of nitrogens with zero attached hydrogens (tertiary/aromatic N) is 1. The van der Waals surface area contributed by atoms with Crippen LogP contribution in [0.25, 0.3) is 0 Å². The number of rotatable bonds is 6. The molecular weight excluding hydrogens is 279 g/mol. The van der Waals surface area contributed by atoms with Crippen molar-refractivity contribution in [1.82, 2.24) is 4.90 Å². The third-order valence-electron chi connectivity index (χ3n) is 2.04. The van der Waals surface area contributed by atoms with Crippen LogP contribution in [0.4, 0.5) is 0 Å². The van der Waals surface area contributed by atoms with Crippen LogP contribution < -0.4 is 5.73 Å². The fourth-order valence-electron chi connectivity index (χ4n) is 1.32. The maximum atomic E-state index is 11.7. The summed E-state index contributed by atoms with van der Waals surface area (Å²) in [6.45, 7) is 5.12. The minimum absolute atomic E-state index is 0. The molecule has 96 valence electrons. The Labute approximate surface area is 117 Å². The smallest absolute Gasteiger partial charge is 0.224 e. The zero-order chi connectivity index (χ0) is 12.0. The third-order valence-corrected chi connectivity index (χ3v) is 3.25. The van der Waals surface area contributed by atoms with Gasteiger partial charge in [0.15, 0.2) is 0 Å². The Hall–Kier alpha value is -0.550. The molecule has 1 amide bonds. The van der Waals surface area contributed by atoms with E-state index in [-0.39, 0.29) is 18.3 Å². The van der Waals surface area contributed by atoms with Crippen LogP contribution in [0.1, 0.15) is 11.3 Å². The van der Waals surface area contributed by atoms with E-state index in [1.165, 1.54) is 11.3 Å². The van der Waals surface area contributed by atoms with Gasteiger partial charge < -0.3 is 10.6 Å². The summed E-state index contributed by atoms with van der Waals surface area (Å²) in [5, 5.41) is 0. The Bertz CT molecular complexity index is 368. The lowest BCUT2D eigenvalue weighted by Gasteiger charge is -2.20. The maximum absolute atomic E-state index is 11.7. The first kappa shape index (κ1) is 16.4. The summed E-state index contributed by atoms with van der Waals surface area (Å²) < 4.78 is 0.736. The van der Waals surface area contributed by atoms with Crippen molar-refractivity contribution in [2.75, 3.05) is 13.1 Å². The Balaban J connectivity index is 0.00000256. The standard InChI is InChI=1S/C11H15ClN2OS.ClH/c1-2-7-14(11(15)5-6-13)8-9-3-4-10(12)16-9;/h2-4H,1,5-8,13H2;1H. The topological polar surface area (TPSA) is 46.3 Å². The van der Waals surface area contributed by atoms with Crippen molar-refractivity contribution in [1.29, 1.82) is 0 Å². The Morgan fingerprint density at radius 2 is 2.29 bits per heavy atom. The van der Waals surface area contributed by atoms with Crippen molar-refractivity contribution in [3.63, 3.8) is 0 Å². The molecule has 6 heteroatoms. The van der Waals surface area contributed by atoms with E-state index in [4.69, 9.17) is 17.3 Å². The molecule has 17 heavy (non-hydrogen) atoms. The van der Waals surface area contributed by atoms with Gasteiger partial charge in [-0.15, -0.1) is 30.3 Å². The predicted molar refractivity (Wildman–Crippen MR) is 75.9 cm³/mol. The molecular formula is C11H16Cl2N2OS. The highest BCUT2D eigenvalue weighted by Crippen LogP contribution is 2.22. The average Bonchev–Trinajstić information content (AvgIpc) is 2.64. The van der Waals surface area contributed by atoms with Gasteiger partial charge in [0.2, 0.25) is 5.91 Å². The van der Waals surface area contributed by atoms with Gasteiger partial charge in [-0.05, 0) is 12.1 Å². The monoisotopic (exact) mass is 294 g/mol. The fourth-order valence-corrected chi connectivity index (χ4v) is 2.42. The summed E-state index contributed by atoms with van der Waals surface area (Å²) >= 11 is 7.32. The molecule has 0 radical (unpaired) electrons. The van der Waals surface area contributed by atoms with E-state index < -0.39 is 0 Å². The normalized spacial score (nSPS) is 9.53. The van der Waals surface area contributed by atoms with Crippen LogP contribution >= 0.6 is 35.3 Å². The number of halogens is 2. The highest BCUT2D eigenvalue weighted by Gasteiger charge is 2.12. The van der Waals surface area contributed by atoms with E-state index in [2.05, 4.69) is 6.58 Å². The molecule has 0 atom stereocenters. The Morgan fingerprint density at radius 1 is 1.59 bits per heavy atom. The van der Waals surface area contributed by atoms with Gasteiger partial charge in [-0.1, -0.05) is 17.7 Å². The molecule has 3 nitrogen and oxygen atoms in total. The SMILES string of the molecule is C=CCN(Cc1ccc(Cl)s1)C(=O)CCN.Cl. The van der Waals surface area contributed by atoms with Crippen LogP contribution in [0.3, 0.4) is 0 Å². The van der Waals surface area contributed by atoms with E-state index in [1.807, 2.05) is 12.1 Å². The van der Waals surface area contributed by atoms with E-state index in [0.29, 0.717) is 26.1 Å². The summed E-state index contributed by atoms with van der Waals surface area (Å²) in [4.78, 5) is 14.5. The van der Waals surface area contributed by atoms with Crippen molar-refractivity contribution in [3.8, 4) is 0 Å². The van der Waals surface area contributed by atoms with Crippen molar-refractivity contribution in [2.24, 2.45) is 5.73 Å². The molecule has 0 saturated carbocycles. The zero-order valence-electron chi connectivity index (χ0n) is 9.39. The highest BCUT2D eigenvalue weighted by atomic mass is 35.5. The van der Waals surface area contributed by atoms with E-state index in [9.17, 15) is 4.79 Å². The van der Waals surface area contributed by atoms with Gasteiger partial charge in [-0.3, -0.25) is 4.79 Å². The second-order valence-corrected chi connectivity index (χ2v) is 5.11. The fraction of sp³-hybridized carbons (Fsp3) is 0.364. The summed E-state index contributed by atoms with van der Waals surface area (Å²) in [6, 6.07) is 3.76. The molecule has 0 spiro atoms. The molecule has 2 N–H and O–H groups in total. The summed E-state index contributed by atoms with van der Waals surface area (Å²) in [5.41, 5.74) is 5.37. The lowest BCUT2D eigenvalue weighted by atomic mass is 10.3. The van der Waals surface area contributed by atoms with Gasteiger partial charge in [-0.25, -0.2) is 0 Å². The van der Waals surface area contributed by atoms with Crippen LogP contribution in [0.5, 0.6) is 0 Å². The lowest BCUT2D eigenvalue weighted by Crippen LogP contribution is -2.31. The van der Waals surface area contributed by atoms with Gasteiger partial charge in [0, 0.05) is 24.4 Å². The summed E-state index contributed by atoms with van der Waals surface area (Å²) in [5.74, 6) is 0.0481. The summed E-state index contributed by atoms with van der Waals surface area (Å²) in [6.07, 6.45) is 2.08. The molecule has 0 saturated heterocycles. The second-order valence-electron chi connectivity index (χ2n) is 3.31. The highest BCUT2D eigenvalue weighted by molar-refractivity contribution is 7.16. The lowest BCUT2D eigenvalue weighted by molar-refractivity contribution is -0.131. The molecule has 0 unspecified atom stereocenters. The minimum Gasteiger partial charge on any atom is -0.334 e. The first-order valence-electron chi connectivity index (χ1n) is 5.00. The second kappa shape index (κ2) is 8.53. The number of amides is 1. The number of hydrogen-bond acceptors (Lipinski definition) is 3. The van der Waals surface area contributed by atoms with Gasteiger partial charge in [0.1, 0.15) is 0 Å². The molecule has 1 rings (SSSR count). The molecule has 1 aromatic heterocycles. The molecule has 1 heterocycles. The quantitative estimate of drug-likeness (QED) is 0.820. The average molecular weight is 295 g/mol. The van der Waals surface area contributed by atoms with Crippen molar-refractivity contribution < 1.29 is 4.79 Å². The van der Waals surface area contributed by atoms with Gasteiger partial charge in [0.05, 0.1) is 10.9 Å². The van der Waals surface area contributed by atoms with Crippen LogP contribution in [0.15, 0.2) is 24.8 Å². The molecule has 0 aromatic carbocycles. The maximum Gasteiger partial charge on any atom is 0.224 e. The van der Waals surface area contributed by atoms with E-state index in [1.54, 1.807) is 11.0 Å². The number of thiophene rings is 1. The number of carbonyl (C=O) groups excluding carboxylic acids is 1. The molecule has 0 aliphatic rings. The van der Waals surface area contributed by atoms with Gasteiger partial charge in [0.25, 0.3) is 0 Å². The van der Waals surface area contributed by atoms with E-state index >= 15 is 0 Å². The van der Waals surface area contributed by atoms with Crippen LogP contribution in [-0.4, -0.2) is 23.9 Å². The Kier molecular flexibility index (Phi) is 8.25.